The minimum atomic E-state index is -0.0431. The van der Waals surface area contributed by atoms with E-state index in [4.69, 9.17) is 0 Å². The maximum atomic E-state index is 12.5. The molecule has 0 aliphatic rings. The number of nitrogens with one attached hydrogen (secondary N) is 2. The van der Waals surface area contributed by atoms with Crippen molar-refractivity contribution in [1.82, 2.24) is 30.2 Å². The molecule has 1 aromatic carbocycles. The maximum absolute atomic E-state index is 12.5. The van der Waals surface area contributed by atoms with Gasteiger partial charge in [0.05, 0.1) is 0 Å². The van der Waals surface area contributed by atoms with Crippen molar-refractivity contribution in [2.45, 2.75) is 31.2 Å². The number of aromatic nitrogens is 4. The highest BCUT2D eigenvalue weighted by Gasteiger charge is 2.13. The van der Waals surface area contributed by atoms with Gasteiger partial charge >= 0.3 is 0 Å². The van der Waals surface area contributed by atoms with Crippen LogP contribution in [0.5, 0.6) is 0 Å². The van der Waals surface area contributed by atoms with Crippen molar-refractivity contribution in [2.75, 3.05) is 20.1 Å². The smallest absolute Gasteiger partial charge is 0.253 e. The predicted octanol–water partition coefficient (Wildman–Crippen LogP) is 2.79. The summed E-state index contributed by atoms with van der Waals surface area (Å²) in [5, 5.41) is 11.2. The first-order chi connectivity index (χ1) is 13.1. The molecule has 2 aromatic heterocycles. The molecule has 7 nitrogen and oxygen atoms in total. The summed E-state index contributed by atoms with van der Waals surface area (Å²) < 4.78 is 1.75. The summed E-state index contributed by atoms with van der Waals surface area (Å²) in [6.07, 6.45) is 0.899. The van der Waals surface area contributed by atoms with E-state index in [1.165, 1.54) is 11.8 Å². The Morgan fingerprint density at radius 3 is 2.75 bits per heavy atom. The minimum Gasteiger partial charge on any atom is -0.352 e. The number of thioether (sulfide) groups is 1. The zero-order valence-corrected chi connectivity index (χ0v) is 17.9. The van der Waals surface area contributed by atoms with E-state index in [-0.39, 0.29) is 18.3 Å². The number of carbonyl (C=O) groups excluding carboxylic acids is 1. The van der Waals surface area contributed by atoms with Crippen LogP contribution in [-0.4, -0.2) is 45.6 Å². The Hall–Kier alpha value is -2.16. The fraction of sp³-hybridized carbons (Fsp3) is 0.368. The molecule has 0 spiro atoms. The van der Waals surface area contributed by atoms with Gasteiger partial charge in [0.2, 0.25) is 5.16 Å². The first-order valence-corrected chi connectivity index (χ1v) is 9.91. The van der Waals surface area contributed by atoms with E-state index in [0.717, 1.165) is 29.9 Å². The fourth-order valence-electron chi connectivity index (χ4n) is 2.78. The lowest BCUT2D eigenvalue weighted by Crippen LogP contribution is -2.27. The van der Waals surface area contributed by atoms with Gasteiger partial charge in [0.1, 0.15) is 0 Å². The van der Waals surface area contributed by atoms with Gasteiger partial charge in [-0.25, -0.2) is 9.50 Å². The van der Waals surface area contributed by atoms with Crippen LogP contribution >= 0.6 is 24.2 Å². The summed E-state index contributed by atoms with van der Waals surface area (Å²) in [6.45, 7) is 5.46. The molecule has 0 aliphatic heterocycles. The molecule has 0 aliphatic carbocycles. The first kappa shape index (κ1) is 22.1. The van der Waals surface area contributed by atoms with Crippen molar-refractivity contribution >= 4 is 35.9 Å². The highest BCUT2D eigenvalue weighted by molar-refractivity contribution is 7.98. The summed E-state index contributed by atoms with van der Waals surface area (Å²) in [7, 11) is 1.90. The third-order valence-electron chi connectivity index (χ3n) is 4.11. The Kier molecular flexibility index (Phi) is 8.22. The summed E-state index contributed by atoms with van der Waals surface area (Å²) >= 11 is 1.50. The number of nitrogens with zero attached hydrogens (tertiary/aromatic N) is 4. The van der Waals surface area contributed by atoms with Gasteiger partial charge in [0.25, 0.3) is 11.7 Å². The van der Waals surface area contributed by atoms with E-state index >= 15 is 0 Å². The molecule has 28 heavy (non-hydrogen) atoms. The van der Waals surface area contributed by atoms with E-state index in [1.54, 1.807) is 4.52 Å². The van der Waals surface area contributed by atoms with Crippen LogP contribution in [0.2, 0.25) is 0 Å². The second kappa shape index (κ2) is 10.4. The quantitative estimate of drug-likeness (QED) is 0.430. The summed E-state index contributed by atoms with van der Waals surface area (Å²) in [4.78, 5) is 21.4. The molecule has 0 saturated heterocycles. The lowest BCUT2D eigenvalue weighted by molar-refractivity contribution is 0.0952. The van der Waals surface area contributed by atoms with E-state index in [2.05, 4.69) is 25.7 Å². The van der Waals surface area contributed by atoms with Crippen LogP contribution in [0.4, 0.5) is 0 Å². The zero-order chi connectivity index (χ0) is 19.2. The van der Waals surface area contributed by atoms with Crippen molar-refractivity contribution in [3.05, 3.63) is 52.8 Å². The molecular formula is C19H25ClN6OS. The zero-order valence-electron chi connectivity index (χ0n) is 16.2. The maximum Gasteiger partial charge on any atom is 0.253 e. The van der Waals surface area contributed by atoms with E-state index < -0.39 is 0 Å². The average molecular weight is 421 g/mol. The Balaban J connectivity index is 0.00000280. The van der Waals surface area contributed by atoms with E-state index in [1.807, 2.05) is 51.2 Å². The minimum absolute atomic E-state index is 0. The van der Waals surface area contributed by atoms with Crippen LogP contribution in [0, 0.1) is 13.8 Å². The summed E-state index contributed by atoms with van der Waals surface area (Å²) in [5.41, 5.74) is 3.58. The number of rotatable bonds is 8. The SMILES string of the molecule is CNCCCNC(=O)c1ccccc1CSc1nc2nc(C)cc(C)n2n1.Cl. The van der Waals surface area contributed by atoms with Gasteiger partial charge in [0, 0.05) is 29.2 Å². The van der Waals surface area contributed by atoms with Crippen molar-refractivity contribution in [1.29, 1.82) is 0 Å². The van der Waals surface area contributed by atoms with Crippen LogP contribution < -0.4 is 10.6 Å². The third kappa shape index (κ3) is 5.43. The number of aryl methyl sites for hydroxylation is 2. The Morgan fingerprint density at radius 1 is 1.18 bits per heavy atom. The third-order valence-corrected chi connectivity index (χ3v) is 4.99. The Morgan fingerprint density at radius 2 is 1.96 bits per heavy atom. The van der Waals surface area contributed by atoms with Crippen LogP contribution in [0.1, 0.15) is 33.7 Å². The number of halogens is 1. The Labute approximate surface area is 175 Å². The second-order valence-corrected chi connectivity index (χ2v) is 7.25. The fourth-order valence-corrected chi connectivity index (χ4v) is 3.60. The number of fused-ring (bicyclic) bond motifs is 1. The van der Waals surface area contributed by atoms with Gasteiger partial charge in [-0.3, -0.25) is 4.79 Å². The van der Waals surface area contributed by atoms with Crippen LogP contribution in [0.25, 0.3) is 5.78 Å². The van der Waals surface area contributed by atoms with Crippen LogP contribution in [0.3, 0.4) is 0 Å². The molecule has 0 saturated carbocycles. The molecule has 2 N–H and O–H groups in total. The standard InChI is InChI=1S/C19H24N6OS.ClH/c1-13-11-14(2)25-18(22-13)23-19(24-25)27-12-15-7-4-5-8-16(15)17(26)21-10-6-9-20-3;/h4-5,7-8,11,20H,6,9-10,12H2,1-3H3,(H,21,26);1H. The largest absolute Gasteiger partial charge is 0.352 e. The molecule has 9 heteroatoms. The van der Waals surface area contributed by atoms with Gasteiger partial charge in [-0.05, 0) is 51.6 Å². The molecular weight excluding hydrogens is 396 g/mol. The predicted molar refractivity (Wildman–Crippen MR) is 114 cm³/mol. The molecule has 0 atom stereocenters. The second-order valence-electron chi connectivity index (χ2n) is 6.30. The van der Waals surface area contributed by atoms with Crippen molar-refractivity contribution < 1.29 is 4.79 Å². The molecule has 2 heterocycles. The average Bonchev–Trinajstić information content (AvgIpc) is 3.07. The number of amides is 1. The molecule has 150 valence electrons. The monoisotopic (exact) mass is 420 g/mol. The lowest BCUT2D eigenvalue weighted by Gasteiger charge is -2.09. The summed E-state index contributed by atoms with van der Waals surface area (Å²) in [5.74, 6) is 1.18. The van der Waals surface area contributed by atoms with Crippen molar-refractivity contribution in [3.63, 3.8) is 0 Å². The molecule has 0 bridgehead atoms. The molecule has 0 radical (unpaired) electrons. The van der Waals surface area contributed by atoms with Crippen molar-refractivity contribution in [2.24, 2.45) is 0 Å². The first-order valence-electron chi connectivity index (χ1n) is 8.93. The van der Waals surface area contributed by atoms with E-state index in [9.17, 15) is 4.79 Å². The highest BCUT2D eigenvalue weighted by Crippen LogP contribution is 2.22. The van der Waals surface area contributed by atoms with Gasteiger partial charge in [-0.1, -0.05) is 30.0 Å². The normalized spacial score (nSPS) is 10.7. The number of hydrogen-bond acceptors (Lipinski definition) is 6. The molecule has 3 rings (SSSR count). The molecule has 0 fully saturated rings. The summed E-state index contributed by atoms with van der Waals surface area (Å²) in [6, 6.07) is 9.63. The van der Waals surface area contributed by atoms with Gasteiger partial charge in [-0.15, -0.1) is 17.5 Å². The van der Waals surface area contributed by atoms with Gasteiger partial charge in [0.15, 0.2) is 0 Å². The topological polar surface area (TPSA) is 84.2 Å². The van der Waals surface area contributed by atoms with Gasteiger partial charge < -0.3 is 10.6 Å². The highest BCUT2D eigenvalue weighted by atomic mass is 35.5. The van der Waals surface area contributed by atoms with Crippen LogP contribution in [0.15, 0.2) is 35.5 Å². The molecule has 0 unspecified atom stereocenters. The van der Waals surface area contributed by atoms with E-state index in [0.29, 0.717) is 28.8 Å². The number of carbonyl (C=O) groups is 1. The Bertz CT molecular complexity index is 945. The number of benzene rings is 1. The van der Waals surface area contributed by atoms with Crippen LogP contribution in [-0.2, 0) is 5.75 Å². The number of hydrogen-bond donors (Lipinski definition) is 2. The molecule has 1 amide bonds. The lowest BCUT2D eigenvalue weighted by atomic mass is 10.1. The van der Waals surface area contributed by atoms with Gasteiger partial charge in [-0.2, -0.15) is 4.98 Å². The van der Waals surface area contributed by atoms with Crippen molar-refractivity contribution in [3.8, 4) is 0 Å². The molecule has 3 aromatic rings.